The van der Waals surface area contributed by atoms with Crippen molar-refractivity contribution in [2.75, 3.05) is 5.32 Å². The molecule has 1 amide bonds. The van der Waals surface area contributed by atoms with E-state index in [-0.39, 0.29) is 15.7 Å². The molecule has 9 heteroatoms. The molecule has 0 saturated carbocycles. The van der Waals surface area contributed by atoms with Gasteiger partial charge in [-0.2, -0.15) is 0 Å². The molecule has 0 aliphatic rings. The molecule has 4 nitrogen and oxygen atoms in total. The SMILES string of the molecule is Cc1ccccc1NC(=S)N[C@H](NC(=O)c1ccccc1Cl)C(Cl)(Cl)Cl. The zero-order valence-corrected chi connectivity index (χ0v) is 17.4. The van der Waals surface area contributed by atoms with E-state index >= 15 is 0 Å². The number of aryl methyl sites for hydroxylation is 1. The fraction of sp³-hybridized carbons (Fsp3) is 0.176. The molecule has 0 unspecified atom stereocenters. The van der Waals surface area contributed by atoms with Crippen LogP contribution in [0.15, 0.2) is 48.5 Å². The van der Waals surface area contributed by atoms with E-state index in [2.05, 4.69) is 16.0 Å². The smallest absolute Gasteiger partial charge is 0.254 e. The number of amides is 1. The number of anilines is 1. The molecule has 2 rings (SSSR count). The van der Waals surface area contributed by atoms with Crippen LogP contribution in [-0.2, 0) is 0 Å². The monoisotopic (exact) mass is 449 g/mol. The van der Waals surface area contributed by atoms with E-state index in [0.717, 1.165) is 11.3 Å². The van der Waals surface area contributed by atoms with Gasteiger partial charge in [-0.15, -0.1) is 0 Å². The molecule has 2 aromatic carbocycles. The Bertz CT molecular complexity index is 811. The zero-order chi connectivity index (χ0) is 19.3. The van der Waals surface area contributed by atoms with Gasteiger partial charge in [-0.1, -0.05) is 76.7 Å². The minimum Gasteiger partial charge on any atom is -0.339 e. The van der Waals surface area contributed by atoms with Gasteiger partial charge in [0.15, 0.2) is 5.11 Å². The predicted octanol–water partition coefficient (Wildman–Crippen LogP) is 5.06. The van der Waals surface area contributed by atoms with E-state index in [4.69, 9.17) is 58.6 Å². The zero-order valence-electron chi connectivity index (χ0n) is 13.5. The van der Waals surface area contributed by atoms with Crippen molar-refractivity contribution in [3.8, 4) is 0 Å². The maximum atomic E-state index is 12.4. The van der Waals surface area contributed by atoms with Crippen molar-refractivity contribution in [3.05, 3.63) is 64.7 Å². The average molecular weight is 451 g/mol. The molecule has 0 heterocycles. The van der Waals surface area contributed by atoms with Gasteiger partial charge in [-0.25, -0.2) is 0 Å². The van der Waals surface area contributed by atoms with Crippen LogP contribution < -0.4 is 16.0 Å². The number of carbonyl (C=O) groups excluding carboxylic acids is 1. The van der Waals surface area contributed by atoms with Gasteiger partial charge in [0, 0.05) is 5.69 Å². The number of rotatable bonds is 4. The van der Waals surface area contributed by atoms with E-state index < -0.39 is 15.9 Å². The molecule has 1 atom stereocenters. The van der Waals surface area contributed by atoms with Gasteiger partial charge >= 0.3 is 0 Å². The van der Waals surface area contributed by atoms with Gasteiger partial charge in [0.25, 0.3) is 5.91 Å². The standard InChI is InChI=1S/C17H15Cl4N3OS/c1-10-6-2-5-9-13(10)22-16(26)24-15(17(19,20)21)23-14(25)11-7-3-4-8-12(11)18/h2-9,15H,1H3,(H,23,25)(H2,22,24,26)/t15-/m0/s1. The van der Waals surface area contributed by atoms with E-state index in [1.54, 1.807) is 24.3 Å². The number of nitrogens with one attached hydrogen (secondary N) is 3. The van der Waals surface area contributed by atoms with Crippen molar-refractivity contribution >= 4 is 75.3 Å². The van der Waals surface area contributed by atoms with Crippen LogP contribution in [0.25, 0.3) is 0 Å². The lowest BCUT2D eigenvalue weighted by Crippen LogP contribution is -2.56. The van der Waals surface area contributed by atoms with Gasteiger partial charge in [-0.3, -0.25) is 4.79 Å². The third-order valence-electron chi connectivity index (χ3n) is 3.39. The summed E-state index contributed by atoms with van der Waals surface area (Å²) in [6.07, 6.45) is -1.08. The van der Waals surface area contributed by atoms with Crippen molar-refractivity contribution in [1.29, 1.82) is 0 Å². The van der Waals surface area contributed by atoms with E-state index in [1.807, 2.05) is 31.2 Å². The number of alkyl halides is 3. The average Bonchev–Trinajstić information content (AvgIpc) is 2.56. The van der Waals surface area contributed by atoms with Crippen LogP contribution in [0.5, 0.6) is 0 Å². The molecule has 0 aliphatic heterocycles. The van der Waals surface area contributed by atoms with Crippen molar-refractivity contribution in [2.45, 2.75) is 16.9 Å². The summed E-state index contributed by atoms with van der Waals surface area (Å²) < 4.78 is -1.85. The summed E-state index contributed by atoms with van der Waals surface area (Å²) in [7, 11) is 0. The number of benzene rings is 2. The molecule has 3 N–H and O–H groups in total. The van der Waals surface area contributed by atoms with Crippen molar-refractivity contribution in [2.24, 2.45) is 0 Å². The highest BCUT2D eigenvalue weighted by molar-refractivity contribution is 7.80. The second-order valence-corrected chi connectivity index (χ2v) is 8.53. The lowest BCUT2D eigenvalue weighted by molar-refractivity contribution is 0.0934. The lowest BCUT2D eigenvalue weighted by atomic mass is 10.2. The minimum absolute atomic E-state index is 0.190. The second-order valence-electron chi connectivity index (χ2n) is 5.34. The third-order valence-corrected chi connectivity index (χ3v) is 4.59. The first kappa shape index (κ1) is 21.1. The summed E-state index contributed by atoms with van der Waals surface area (Å²) in [4.78, 5) is 12.4. The summed E-state index contributed by atoms with van der Waals surface area (Å²) in [5.74, 6) is -0.502. The molecule has 138 valence electrons. The molecular formula is C17H15Cl4N3OS. The van der Waals surface area contributed by atoms with Crippen LogP contribution in [0.3, 0.4) is 0 Å². The topological polar surface area (TPSA) is 53.2 Å². The van der Waals surface area contributed by atoms with Gasteiger partial charge in [-0.05, 0) is 42.9 Å². The predicted molar refractivity (Wildman–Crippen MR) is 114 cm³/mol. The molecule has 2 aromatic rings. The summed E-state index contributed by atoms with van der Waals surface area (Å²) in [6, 6.07) is 14.1. The Morgan fingerprint density at radius 2 is 1.65 bits per heavy atom. The van der Waals surface area contributed by atoms with Crippen molar-refractivity contribution in [3.63, 3.8) is 0 Å². The van der Waals surface area contributed by atoms with Gasteiger partial charge in [0.2, 0.25) is 3.79 Å². The second kappa shape index (κ2) is 9.11. The number of halogens is 4. The molecule has 0 saturated heterocycles. The number of thiocarbonyl (C=S) groups is 1. The first-order valence-corrected chi connectivity index (χ1v) is 9.36. The fourth-order valence-corrected chi connectivity index (χ4v) is 2.83. The van der Waals surface area contributed by atoms with Crippen molar-refractivity contribution in [1.82, 2.24) is 10.6 Å². The van der Waals surface area contributed by atoms with E-state index in [9.17, 15) is 4.79 Å². The van der Waals surface area contributed by atoms with Crippen LogP contribution >= 0.6 is 58.6 Å². The number of para-hydroxylation sites is 1. The molecule has 0 fully saturated rings. The van der Waals surface area contributed by atoms with Crippen LogP contribution in [0.2, 0.25) is 5.02 Å². The van der Waals surface area contributed by atoms with Gasteiger partial charge in [0.1, 0.15) is 6.17 Å². The lowest BCUT2D eigenvalue weighted by Gasteiger charge is -2.28. The highest BCUT2D eigenvalue weighted by Crippen LogP contribution is 2.29. The fourth-order valence-electron chi connectivity index (χ4n) is 2.06. The highest BCUT2D eigenvalue weighted by Gasteiger charge is 2.35. The normalized spacial score (nSPS) is 12.2. The molecule has 0 aliphatic carbocycles. The van der Waals surface area contributed by atoms with Crippen molar-refractivity contribution < 1.29 is 4.79 Å². The van der Waals surface area contributed by atoms with E-state index in [0.29, 0.717) is 0 Å². The maximum absolute atomic E-state index is 12.4. The molecule has 0 radical (unpaired) electrons. The Balaban J connectivity index is 2.10. The Labute approximate surface area is 177 Å². The van der Waals surface area contributed by atoms with Crippen LogP contribution in [0.4, 0.5) is 5.69 Å². The van der Waals surface area contributed by atoms with E-state index in [1.165, 1.54) is 0 Å². The summed E-state index contributed by atoms with van der Waals surface area (Å²) >= 11 is 29.2. The molecule has 0 aromatic heterocycles. The molecule has 0 spiro atoms. The largest absolute Gasteiger partial charge is 0.339 e. The highest BCUT2D eigenvalue weighted by atomic mass is 35.6. The summed E-state index contributed by atoms with van der Waals surface area (Å²) in [5.41, 5.74) is 2.04. The summed E-state index contributed by atoms with van der Waals surface area (Å²) in [6.45, 7) is 1.93. The molecule has 0 bridgehead atoms. The Morgan fingerprint density at radius 1 is 1.04 bits per heavy atom. The van der Waals surface area contributed by atoms with Crippen LogP contribution in [0.1, 0.15) is 15.9 Å². The number of hydrogen-bond donors (Lipinski definition) is 3. The van der Waals surface area contributed by atoms with Crippen LogP contribution in [0, 0.1) is 6.92 Å². The Kier molecular flexibility index (Phi) is 7.38. The van der Waals surface area contributed by atoms with Crippen LogP contribution in [-0.4, -0.2) is 21.0 Å². The quantitative estimate of drug-likeness (QED) is 0.346. The minimum atomic E-state index is -1.85. The third kappa shape index (κ3) is 5.89. The number of carbonyl (C=O) groups is 1. The molecule has 26 heavy (non-hydrogen) atoms. The first-order chi connectivity index (χ1) is 12.2. The first-order valence-electron chi connectivity index (χ1n) is 7.43. The Morgan fingerprint density at radius 3 is 2.27 bits per heavy atom. The van der Waals surface area contributed by atoms with Gasteiger partial charge in [0.05, 0.1) is 10.6 Å². The molecular weight excluding hydrogens is 436 g/mol. The Hall–Kier alpha value is -1.24. The summed E-state index contributed by atoms with van der Waals surface area (Å²) in [5, 5.41) is 8.87. The van der Waals surface area contributed by atoms with Gasteiger partial charge < -0.3 is 16.0 Å². The maximum Gasteiger partial charge on any atom is 0.254 e. The number of hydrogen-bond acceptors (Lipinski definition) is 2.